The van der Waals surface area contributed by atoms with E-state index in [-0.39, 0.29) is 11.8 Å². The van der Waals surface area contributed by atoms with Crippen molar-refractivity contribution in [3.05, 3.63) is 18.0 Å². The van der Waals surface area contributed by atoms with E-state index in [4.69, 9.17) is 0 Å². The predicted molar refractivity (Wildman–Crippen MR) is 65.1 cm³/mol. The Kier molecular flexibility index (Phi) is 3.30. The zero-order valence-corrected chi connectivity index (χ0v) is 10.7. The van der Waals surface area contributed by atoms with Crippen molar-refractivity contribution < 1.29 is 8.42 Å². The molecule has 1 aliphatic rings. The molecule has 6 nitrogen and oxygen atoms in total. The molecule has 0 aromatic carbocycles. The van der Waals surface area contributed by atoms with Crippen LogP contribution in [0.4, 0.5) is 5.95 Å². The summed E-state index contributed by atoms with van der Waals surface area (Å²) in [7, 11) is 0.539. The Labute approximate surface area is 101 Å². The van der Waals surface area contributed by atoms with E-state index in [1.165, 1.54) is 0 Å². The molecule has 0 amide bonds. The second-order valence-electron chi connectivity index (χ2n) is 4.31. The summed E-state index contributed by atoms with van der Waals surface area (Å²) in [6.07, 6.45) is 3.16. The van der Waals surface area contributed by atoms with Gasteiger partial charge in [0.05, 0.1) is 17.5 Å². The van der Waals surface area contributed by atoms with Gasteiger partial charge in [0.2, 0.25) is 16.0 Å². The van der Waals surface area contributed by atoms with Crippen LogP contribution in [0, 0.1) is 0 Å². The zero-order valence-electron chi connectivity index (χ0n) is 9.92. The second-order valence-corrected chi connectivity index (χ2v) is 6.35. The highest BCUT2D eigenvalue weighted by atomic mass is 32.2. The first-order valence-electron chi connectivity index (χ1n) is 5.47. The molecule has 0 bridgehead atoms. The third-order valence-corrected chi connectivity index (χ3v) is 4.41. The van der Waals surface area contributed by atoms with Crippen molar-refractivity contribution in [1.29, 1.82) is 0 Å². The lowest BCUT2D eigenvalue weighted by Gasteiger charge is -2.11. The van der Waals surface area contributed by atoms with Gasteiger partial charge in [0.25, 0.3) is 0 Å². The zero-order chi connectivity index (χ0) is 12.5. The number of hydrogen-bond donors (Lipinski definition) is 1. The molecule has 94 valence electrons. The van der Waals surface area contributed by atoms with E-state index < -0.39 is 10.0 Å². The summed E-state index contributed by atoms with van der Waals surface area (Å²) in [4.78, 5) is 10.1. The molecule has 0 radical (unpaired) electrons. The predicted octanol–water partition coefficient (Wildman–Crippen LogP) is 0.124. The SMILES string of the molecule is CN(C)c1nccc(CNS(=O)(=O)C2CC2)n1. The van der Waals surface area contributed by atoms with Crippen molar-refractivity contribution in [1.82, 2.24) is 14.7 Å². The standard InChI is InChI=1S/C10H16N4O2S/c1-14(2)10-11-6-5-8(13-10)7-12-17(15,16)9-3-4-9/h5-6,9,12H,3-4,7H2,1-2H3. The third-order valence-electron chi connectivity index (χ3n) is 2.52. The summed E-state index contributed by atoms with van der Waals surface area (Å²) in [5, 5.41) is -0.197. The van der Waals surface area contributed by atoms with Crippen LogP contribution >= 0.6 is 0 Å². The van der Waals surface area contributed by atoms with Gasteiger partial charge in [-0.1, -0.05) is 0 Å². The summed E-state index contributed by atoms with van der Waals surface area (Å²) in [5.41, 5.74) is 0.674. The molecule has 1 heterocycles. The smallest absolute Gasteiger partial charge is 0.225 e. The van der Waals surface area contributed by atoms with E-state index >= 15 is 0 Å². The van der Waals surface area contributed by atoms with Crippen LogP contribution in [0.5, 0.6) is 0 Å². The minimum atomic E-state index is -3.14. The summed E-state index contributed by atoms with van der Waals surface area (Å²) in [5.74, 6) is 0.577. The van der Waals surface area contributed by atoms with E-state index in [2.05, 4.69) is 14.7 Å². The van der Waals surface area contributed by atoms with E-state index in [0.717, 1.165) is 12.8 Å². The quantitative estimate of drug-likeness (QED) is 0.810. The fourth-order valence-electron chi connectivity index (χ4n) is 1.37. The van der Waals surface area contributed by atoms with Gasteiger partial charge in [-0.3, -0.25) is 0 Å². The van der Waals surface area contributed by atoms with Crippen LogP contribution in [0.15, 0.2) is 12.3 Å². The highest BCUT2D eigenvalue weighted by molar-refractivity contribution is 7.90. The molecule has 1 saturated carbocycles. The Hall–Kier alpha value is -1.21. The summed E-state index contributed by atoms with van der Waals surface area (Å²) in [6.45, 7) is 0.224. The fourth-order valence-corrected chi connectivity index (χ4v) is 2.71. The van der Waals surface area contributed by atoms with Crippen LogP contribution < -0.4 is 9.62 Å². The Morgan fingerprint density at radius 2 is 2.18 bits per heavy atom. The molecule has 0 aliphatic heterocycles. The Bertz CT molecular complexity index is 497. The van der Waals surface area contributed by atoms with Gasteiger partial charge in [-0.25, -0.2) is 23.1 Å². The number of hydrogen-bond acceptors (Lipinski definition) is 5. The number of rotatable bonds is 5. The second kappa shape index (κ2) is 4.58. The van der Waals surface area contributed by atoms with E-state index in [0.29, 0.717) is 11.6 Å². The van der Waals surface area contributed by atoms with Gasteiger partial charge >= 0.3 is 0 Å². The van der Waals surface area contributed by atoms with Crippen molar-refractivity contribution in [3.63, 3.8) is 0 Å². The molecule has 1 aromatic heterocycles. The topological polar surface area (TPSA) is 75.2 Å². The normalized spacial score (nSPS) is 15.9. The molecule has 1 N–H and O–H groups in total. The largest absolute Gasteiger partial charge is 0.347 e. The molecule has 1 aliphatic carbocycles. The van der Waals surface area contributed by atoms with Gasteiger partial charge in [-0.2, -0.15) is 0 Å². The first-order valence-corrected chi connectivity index (χ1v) is 7.01. The Balaban J connectivity index is 2.01. The Morgan fingerprint density at radius 1 is 1.47 bits per heavy atom. The molecular weight excluding hydrogens is 240 g/mol. The van der Waals surface area contributed by atoms with Crippen molar-refractivity contribution >= 4 is 16.0 Å². The van der Waals surface area contributed by atoms with Crippen LogP contribution in [-0.4, -0.2) is 37.7 Å². The minimum Gasteiger partial charge on any atom is -0.347 e. The third kappa shape index (κ3) is 3.13. The number of nitrogens with one attached hydrogen (secondary N) is 1. The van der Waals surface area contributed by atoms with E-state index in [1.807, 2.05) is 14.1 Å². The highest BCUT2D eigenvalue weighted by Crippen LogP contribution is 2.27. The molecule has 1 aromatic rings. The summed E-state index contributed by atoms with van der Waals surface area (Å²) >= 11 is 0. The maximum atomic E-state index is 11.6. The van der Waals surface area contributed by atoms with Crippen molar-refractivity contribution in [2.75, 3.05) is 19.0 Å². The van der Waals surface area contributed by atoms with Gasteiger partial charge in [0, 0.05) is 20.3 Å². The molecule has 0 atom stereocenters. The van der Waals surface area contributed by atoms with Crippen molar-refractivity contribution in [2.24, 2.45) is 0 Å². The van der Waals surface area contributed by atoms with E-state index in [1.54, 1.807) is 17.2 Å². The molecular formula is C10H16N4O2S. The maximum Gasteiger partial charge on any atom is 0.225 e. The van der Waals surface area contributed by atoms with Gasteiger partial charge in [0.1, 0.15) is 0 Å². The molecule has 0 unspecified atom stereocenters. The minimum absolute atomic E-state index is 0.197. The lowest BCUT2D eigenvalue weighted by atomic mass is 10.4. The van der Waals surface area contributed by atoms with Gasteiger partial charge in [-0.05, 0) is 18.9 Å². The van der Waals surface area contributed by atoms with Crippen LogP contribution in [0.25, 0.3) is 0 Å². The summed E-state index contributed by atoms with van der Waals surface area (Å²) in [6, 6.07) is 1.71. The first kappa shape index (κ1) is 12.3. The molecule has 7 heteroatoms. The van der Waals surface area contributed by atoms with E-state index in [9.17, 15) is 8.42 Å². The molecule has 0 spiro atoms. The van der Waals surface area contributed by atoms with Crippen molar-refractivity contribution in [3.8, 4) is 0 Å². The van der Waals surface area contributed by atoms with Gasteiger partial charge in [-0.15, -0.1) is 0 Å². The maximum absolute atomic E-state index is 11.6. The average Bonchev–Trinajstić information content (AvgIpc) is 3.11. The lowest BCUT2D eigenvalue weighted by molar-refractivity contribution is 0.579. The fraction of sp³-hybridized carbons (Fsp3) is 0.600. The van der Waals surface area contributed by atoms with Crippen LogP contribution in [0.3, 0.4) is 0 Å². The highest BCUT2D eigenvalue weighted by Gasteiger charge is 2.35. The monoisotopic (exact) mass is 256 g/mol. The summed E-state index contributed by atoms with van der Waals surface area (Å²) < 4.78 is 25.8. The lowest BCUT2D eigenvalue weighted by Crippen LogP contribution is -2.27. The molecule has 17 heavy (non-hydrogen) atoms. The first-order chi connectivity index (χ1) is 7.99. The number of nitrogens with zero attached hydrogens (tertiary/aromatic N) is 3. The molecule has 1 fully saturated rings. The number of aromatic nitrogens is 2. The average molecular weight is 256 g/mol. The van der Waals surface area contributed by atoms with Crippen LogP contribution in [0.2, 0.25) is 0 Å². The number of sulfonamides is 1. The molecule has 0 saturated heterocycles. The van der Waals surface area contributed by atoms with Crippen molar-refractivity contribution in [2.45, 2.75) is 24.6 Å². The molecule has 2 rings (SSSR count). The van der Waals surface area contributed by atoms with Crippen LogP contribution in [0.1, 0.15) is 18.5 Å². The van der Waals surface area contributed by atoms with Gasteiger partial charge in [0.15, 0.2) is 0 Å². The van der Waals surface area contributed by atoms with Gasteiger partial charge < -0.3 is 4.90 Å². The number of anilines is 1. The Morgan fingerprint density at radius 3 is 2.76 bits per heavy atom. The van der Waals surface area contributed by atoms with Crippen LogP contribution in [-0.2, 0) is 16.6 Å².